The molecule has 0 unspecified atom stereocenters. The molecule has 1 amide bonds. The van der Waals surface area contributed by atoms with Crippen LogP contribution in [0.4, 0.5) is 4.79 Å². The van der Waals surface area contributed by atoms with Crippen LogP contribution in [0.15, 0.2) is 17.6 Å². The number of alkyl carbamates (subject to hydrolysis) is 1. The number of amides is 1. The average molecular weight is 434 g/mol. The SMILES string of the molecule is CCCCc1nc2c[n+](OC)c3ccsc3c2n1CCCCNC(=O)OC(C)(C)C. The van der Waals surface area contributed by atoms with Crippen LogP contribution >= 0.6 is 11.3 Å². The maximum absolute atomic E-state index is 11.8. The van der Waals surface area contributed by atoms with Gasteiger partial charge in [0.2, 0.25) is 0 Å². The van der Waals surface area contributed by atoms with Crippen molar-refractivity contribution < 1.29 is 19.1 Å². The lowest BCUT2D eigenvalue weighted by atomic mass is 10.2. The second-order valence-corrected chi connectivity index (χ2v) is 9.34. The molecule has 8 heteroatoms. The number of nitrogens with zero attached hydrogens (tertiary/aromatic N) is 3. The summed E-state index contributed by atoms with van der Waals surface area (Å²) >= 11 is 1.72. The first-order chi connectivity index (χ1) is 14.3. The Bertz CT molecular complexity index is 1000. The van der Waals surface area contributed by atoms with Crippen molar-refractivity contribution >= 4 is 38.7 Å². The number of ether oxygens (including phenoxy) is 1. The van der Waals surface area contributed by atoms with Crippen molar-refractivity contribution in [1.29, 1.82) is 0 Å². The van der Waals surface area contributed by atoms with Gasteiger partial charge in [0.05, 0.1) is 5.52 Å². The molecule has 0 bridgehead atoms. The molecule has 0 aliphatic rings. The van der Waals surface area contributed by atoms with Crippen molar-refractivity contribution in [3.8, 4) is 0 Å². The van der Waals surface area contributed by atoms with E-state index in [-0.39, 0.29) is 6.09 Å². The minimum absolute atomic E-state index is 0.358. The number of unbranched alkanes of at least 4 members (excludes halogenated alkanes) is 2. The van der Waals surface area contributed by atoms with E-state index >= 15 is 0 Å². The number of nitrogens with one attached hydrogen (secondary N) is 1. The van der Waals surface area contributed by atoms with E-state index < -0.39 is 5.60 Å². The van der Waals surface area contributed by atoms with Crippen LogP contribution in [0, 0.1) is 0 Å². The molecule has 0 aliphatic carbocycles. The van der Waals surface area contributed by atoms with Gasteiger partial charge in [-0.2, -0.15) is 0 Å². The summed E-state index contributed by atoms with van der Waals surface area (Å²) in [5.74, 6) is 1.12. The number of hydrogen-bond donors (Lipinski definition) is 1. The summed E-state index contributed by atoms with van der Waals surface area (Å²) in [6.07, 6.45) is 6.65. The van der Waals surface area contributed by atoms with Crippen molar-refractivity contribution in [1.82, 2.24) is 14.9 Å². The Morgan fingerprint density at radius 1 is 1.30 bits per heavy atom. The molecule has 0 spiro atoms. The van der Waals surface area contributed by atoms with E-state index in [4.69, 9.17) is 14.6 Å². The number of carbonyl (C=O) groups is 1. The van der Waals surface area contributed by atoms with Crippen molar-refractivity contribution in [2.45, 2.75) is 71.9 Å². The second-order valence-electron chi connectivity index (χ2n) is 8.43. The Balaban J connectivity index is 1.75. The summed E-state index contributed by atoms with van der Waals surface area (Å²) in [6.45, 7) is 9.28. The number of imidazole rings is 1. The lowest BCUT2D eigenvalue weighted by Gasteiger charge is -2.19. The maximum Gasteiger partial charge on any atom is 0.407 e. The van der Waals surface area contributed by atoms with E-state index in [9.17, 15) is 4.79 Å². The molecular formula is C22H33N4O3S+. The summed E-state index contributed by atoms with van der Waals surface area (Å²) in [5.41, 5.74) is 2.73. The zero-order chi connectivity index (χ0) is 21.7. The van der Waals surface area contributed by atoms with Gasteiger partial charge in [0.1, 0.15) is 23.2 Å². The van der Waals surface area contributed by atoms with Crippen LogP contribution in [0.3, 0.4) is 0 Å². The van der Waals surface area contributed by atoms with Gasteiger partial charge in [0.15, 0.2) is 5.52 Å². The molecule has 7 nitrogen and oxygen atoms in total. The van der Waals surface area contributed by atoms with Gasteiger partial charge in [0, 0.05) is 30.3 Å². The third-order valence-corrected chi connectivity index (χ3v) is 5.75. The number of pyridine rings is 1. The van der Waals surface area contributed by atoms with E-state index in [1.807, 2.05) is 27.0 Å². The van der Waals surface area contributed by atoms with E-state index in [0.29, 0.717) is 6.54 Å². The molecule has 0 atom stereocenters. The number of rotatable bonds is 9. The first-order valence-electron chi connectivity index (χ1n) is 10.7. The van der Waals surface area contributed by atoms with E-state index in [1.54, 1.807) is 23.2 Å². The van der Waals surface area contributed by atoms with Gasteiger partial charge in [-0.05, 0) is 45.4 Å². The fraction of sp³-hybridized carbons (Fsp3) is 0.591. The van der Waals surface area contributed by atoms with Crippen LogP contribution < -0.4 is 14.9 Å². The smallest absolute Gasteiger partial charge is 0.407 e. The summed E-state index contributed by atoms with van der Waals surface area (Å²) in [6, 6.07) is 2.08. The molecule has 164 valence electrons. The van der Waals surface area contributed by atoms with E-state index in [0.717, 1.165) is 55.5 Å². The minimum Gasteiger partial charge on any atom is -0.444 e. The van der Waals surface area contributed by atoms with Crippen LogP contribution in [0.25, 0.3) is 21.3 Å². The van der Waals surface area contributed by atoms with Gasteiger partial charge >= 0.3 is 6.09 Å². The topological polar surface area (TPSA) is 69.3 Å². The Hall–Kier alpha value is -2.35. The van der Waals surface area contributed by atoms with Gasteiger partial charge in [-0.15, -0.1) is 11.3 Å². The second kappa shape index (κ2) is 9.64. The Kier molecular flexibility index (Phi) is 7.18. The lowest BCUT2D eigenvalue weighted by Crippen LogP contribution is -2.40. The normalized spacial score (nSPS) is 11.9. The molecule has 3 rings (SSSR count). The number of thiophene rings is 1. The van der Waals surface area contributed by atoms with Crippen LogP contribution in [0.1, 0.15) is 59.2 Å². The molecular weight excluding hydrogens is 400 g/mol. The monoisotopic (exact) mass is 433 g/mol. The molecule has 0 aromatic carbocycles. The molecule has 0 saturated heterocycles. The molecule has 3 aromatic heterocycles. The number of fused-ring (bicyclic) bond motifs is 3. The molecule has 0 fully saturated rings. The largest absolute Gasteiger partial charge is 0.444 e. The first kappa shape index (κ1) is 22.3. The number of hydrogen-bond acceptors (Lipinski definition) is 5. The predicted molar refractivity (Wildman–Crippen MR) is 120 cm³/mol. The van der Waals surface area contributed by atoms with Gasteiger partial charge in [-0.3, -0.25) is 4.84 Å². The summed E-state index contributed by atoms with van der Waals surface area (Å²) < 4.78 is 10.6. The van der Waals surface area contributed by atoms with E-state index in [1.165, 1.54) is 10.2 Å². The molecule has 3 aromatic rings. The highest BCUT2D eigenvalue weighted by Crippen LogP contribution is 2.29. The predicted octanol–water partition coefficient (Wildman–Crippen LogP) is 4.24. The first-order valence-corrected chi connectivity index (χ1v) is 11.5. The standard InChI is InChI=1S/C22H32N4O3S/c1-6-7-10-18-24-16-15-26(28-5)17-11-14-30-20(17)19(16)25(18)13-9-8-12-23-21(27)29-22(2,3)4/h11,14-15H,6-10,12-13H2,1-5H3/p+1. The fourth-order valence-electron chi connectivity index (χ4n) is 3.50. The Morgan fingerprint density at radius 3 is 2.80 bits per heavy atom. The molecule has 0 aliphatic heterocycles. The Morgan fingerprint density at radius 2 is 2.10 bits per heavy atom. The third-order valence-electron chi connectivity index (χ3n) is 4.84. The van der Waals surface area contributed by atoms with Crippen molar-refractivity contribution in [2.24, 2.45) is 0 Å². The third kappa shape index (κ3) is 5.22. The highest BCUT2D eigenvalue weighted by Gasteiger charge is 2.22. The highest BCUT2D eigenvalue weighted by atomic mass is 32.1. The molecule has 3 heterocycles. The lowest BCUT2D eigenvalue weighted by molar-refractivity contribution is -0.864. The molecule has 30 heavy (non-hydrogen) atoms. The summed E-state index contributed by atoms with van der Waals surface area (Å²) in [7, 11) is 1.68. The van der Waals surface area contributed by atoms with Crippen molar-refractivity contribution in [2.75, 3.05) is 13.7 Å². The average Bonchev–Trinajstić information content (AvgIpc) is 3.28. The number of aryl methyl sites for hydroxylation is 2. The van der Waals surface area contributed by atoms with Crippen molar-refractivity contribution in [3.63, 3.8) is 0 Å². The van der Waals surface area contributed by atoms with Crippen molar-refractivity contribution in [3.05, 3.63) is 23.5 Å². The van der Waals surface area contributed by atoms with Crippen LogP contribution in [-0.2, 0) is 17.7 Å². The molecule has 0 radical (unpaired) electrons. The minimum atomic E-state index is -0.473. The van der Waals surface area contributed by atoms with Gasteiger partial charge in [-0.1, -0.05) is 13.3 Å². The van der Waals surface area contributed by atoms with Crippen LogP contribution in [-0.4, -0.2) is 34.9 Å². The number of carbonyl (C=O) groups excluding carboxylic acids is 1. The maximum atomic E-state index is 11.8. The Labute approximate surface area is 182 Å². The molecule has 0 saturated carbocycles. The fourth-order valence-corrected chi connectivity index (χ4v) is 4.44. The zero-order valence-electron chi connectivity index (χ0n) is 18.7. The van der Waals surface area contributed by atoms with Crippen LogP contribution in [0.2, 0.25) is 0 Å². The van der Waals surface area contributed by atoms with Gasteiger partial charge in [0.25, 0.3) is 11.7 Å². The summed E-state index contributed by atoms with van der Waals surface area (Å²) in [4.78, 5) is 22.3. The van der Waals surface area contributed by atoms with E-state index in [2.05, 4.69) is 28.3 Å². The van der Waals surface area contributed by atoms with Gasteiger partial charge in [-0.25, -0.2) is 9.78 Å². The molecule has 1 N–H and O–H groups in total. The number of aromatic nitrogens is 3. The zero-order valence-corrected chi connectivity index (χ0v) is 19.5. The van der Waals surface area contributed by atoms with Crippen LogP contribution in [0.5, 0.6) is 0 Å². The quantitative estimate of drug-likeness (QED) is 0.405. The van der Waals surface area contributed by atoms with Gasteiger partial charge < -0.3 is 14.6 Å². The summed E-state index contributed by atoms with van der Waals surface area (Å²) in [5, 5.41) is 4.93. The highest BCUT2D eigenvalue weighted by molar-refractivity contribution is 7.18.